The Morgan fingerprint density at radius 3 is 0.636 bits per heavy atom. The predicted octanol–water partition coefficient (Wildman–Crippen LogP) is 27.0. The van der Waals surface area contributed by atoms with E-state index in [9.17, 15) is 43.2 Å². The molecule has 0 aromatic carbocycles. The highest BCUT2D eigenvalue weighted by molar-refractivity contribution is 7.47. The molecule has 0 saturated heterocycles. The number of unbranched alkanes of at least 4 members (excludes halogenated alkanes) is 57. The highest BCUT2D eigenvalue weighted by atomic mass is 31.2. The molecule has 0 heterocycles. The van der Waals surface area contributed by atoms with Gasteiger partial charge in [-0.3, -0.25) is 37.3 Å². The average Bonchev–Trinajstić information content (AvgIpc) is 0.924. The van der Waals surface area contributed by atoms with Gasteiger partial charge in [-0.05, 0) is 37.5 Å². The minimum absolute atomic E-state index is 0.107. The van der Waals surface area contributed by atoms with Crippen molar-refractivity contribution in [2.75, 3.05) is 39.6 Å². The lowest BCUT2D eigenvalue weighted by atomic mass is 10.0. The molecular formula is C88H172O17P2. The maximum Gasteiger partial charge on any atom is 0.472 e. The van der Waals surface area contributed by atoms with E-state index >= 15 is 0 Å². The minimum Gasteiger partial charge on any atom is -0.462 e. The van der Waals surface area contributed by atoms with Crippen LogP contribution in [-0.4, -0.2) is 96.7 Å². The van der Waals surface area contributed by atoms with Crippen molar-refractivity contribution in [2.24, 2.45) is 11.8 Å². The number of aliphatic hydroxyl groups excluding tert-OH is 1. The van der Waals surface area contributed by atoms with Gasteiger partial charge in [0.2, 0.25) is 0 Å². The van der Waals surface area contributed by atoms with Crippen LogP contribution in [0.2, 0.25) is 0 Å². The van der Waals surface area contributed by atoms with Crippen molar-refractivity contribution in [3.8, 4) is 0 Å². The van der Waals surface area contributed by atoms with Crippen LogP contribution < -0.4 is 0 Å². The first kappa shape index (κ1) is 105. The van der Waals surface area contributed by atoms with Crippen molar-refractivity contribution in [3.63, 3.8) is 0 Å². The summed E-state index contributed by atoms with van der Waals surface area (Å²) in [5, 5.41) is 10.7. The monoisotopic (exact) mass is 1560 g/mol. The third kappa shape index (κ3) is 81.9. The SMILES string of the molecule is CCCCCCCCCCCCCCCCCCCCCCCC(=O)OC[C@H](COP(=O)(O)OC[C@@H](O)COP(=O)(O)OC[C@@H](COC(=O)CCCCCCCCCCCC)OC(=O)CCCCCCCCCCCCCCC(C)C)OC(=O)CCCCCCCCCCCCCCCCCCCCC(C)C. The molecule has 0 aromatic heterocycles. The molecular weight excluding hydrogens is 1390 g/mol. The number of hydrogen-bond acceptors (Lipinski definition) is 15. The van der Waals surface area contributed by atoms with Gasteiger partial charge in [0.15, 0.2) is 12.2 Å². The van der Waals surface area contributed by atoms with E-state index in [1.807, 2.05) is 0 Å². The van der Waals surface area contributed by atoms with Gasteiger partial charge in [-0.2, -0.15) is 0 Å². The van der Waals surface area contributed by atoms with Gasteiger partial charge in [0.25, 0.3) is 0 Å². The number of rotatable bonds is 87. The fourth-order valence-electron chi connectivity index (χ4n) is 13.8. The van der Waals surface area contributed by atoms with E-state index in [2.05, 4.69) is 41.5 Å². The summed E-state index contributed by atoms with van der Waals surface area (Å²) < 4.78 is 68.9. The van der Waals surface area contributed by atoms with Crippen LogP contribution in [0.25, 0.3) is 0 Å². The second kappa shape index (κ2) is 79.3. The highest BCUT2D eigenvalue weighted by Gasteiger charge is 2.30. The lowest BCUT2D eigenvalue weighted by Gasteiger charge is -2.21. The van der Waals surface area contributed by atoms with Crippen molar-refractivity contribution in [1.29, 1.82) is 0 Å². The first-order valence-corrected chi connectivity index (χ1v) is 48.5. The van der Waals surface area contributed by atoms with E-state index in [4.69, 9.17) is 37.0 Å². The molecule has 0 amide bonds. The van der Waals surface area contributed by atoms with Crippen LogP contribution in [0.5, 0.6) is 0 Å². The number of esters is 4. The summed E-state index contributed by atoms with van der Waals surface area (Å²) in [6.07, 6.45) is 72.3. The normalized spacial score (nSPS) is 13.8. The molecule has 0 bridgehead atoms. The molecule has 0 saturated carbocycles. The molecule has 0 aromatic rings. The molecule has 3 N–H and O–H groups in total. The molecule has 2 unspecified atom stereocenters. The quantitative estimate of drug-likeness (QED) is 0.0222. The van der Waals surface area contributed by atoms with Crippen LogP contribution in [0.1, 0.15) is 472 Å². The molecule has 107 heavy (non-hydrogen) atoms. The van der Waals surface area contributed by atoms with Crippen LogP contribution in [0, 0.1) is 11.8 Å². The lowest BCUT2D eigenvalue weighted by molar-refractivity contribution is -0.161. The van der Waals surface area contributed by atoms with Gasteiger partial charge in [0.05, 0.1) is 26.4 Å². The third-order valence-electron chi connectivity index (χ3n) is 20.7. The van der Waals surface area contributed by atoms with E-state index < -0.39 is 97.5 Å². The zero-order valence-electron chi connectivity index (χ0n) is 70.5. The standard InChI is InChI=1S/C88H172O17P2/c1-7-9-11-13-15-17-19-20-21-22-23-24-25-29-32-35-41-47-53-59-65-71-86(91)99-77-84(105-87(92)72-66-60-54-48-42-36-33-30-27-26-28-31-34-39-44-50-56-62-68-80(3)4)79-103-107(96,97)101-75-82(89)74-100-106(94,95)102-78-83(76-98-85(90)70-64-58-52-46-18-16-14-12-10-8-2)104-88(93)73-67-61-55-49-43-38-37-40-45-51-57-63-69-81(5)6/h80-84,89H,7-79H2,1-6H3,(H,94,95)(H,96,97)/t82-,83+,84+/m0/s1. The Balaban J connectivity index is 5.21. The van der Waals surface area contributed by atoms with Gasteiger partial charge in [-0.1, -0.05) is 420 Å². The van der Waals surface area contributed by atoms with Gasteiger partial charge in [0.1, 0.15) is 19.3 Å². The molecule has 0 spiro atoms. The van der Waals surface area contributed by atoms with Crippen molar-refractivity contribution >= 4 is 39.5 Å². The van der Waals surface area contributed by atoms with Gasteiger partial charge in [-0.25, -0.2) is 9.13 Å². The van der Waals surface area contributed by atoms with Crippen molar-refractivity contribution in [2.45, 2.75) is 490 Å². The number of ether oxygens (including phenoxy) is 4. The van der Waals surface area contributed by atoms with E-state index in [0.29, 0.717) is 25.7 Å². The maximum atomic E-state index is 13.2. The summed E-state index contributed by atoms with van der Waals surface area (Å²) in [5.41, 5.74) is 0. The van der Waals surface area contributed by atoms with Crippen LogP contribution >= 0.6 is 15.6 Å². The Bertz CT molecular complexity index is 2050. The Morgan fingerprint density at radius 1 is 0.252 bits per heavy atom. The summed E-state index contributed by atoms with van der Waals surface area (Å²) in [6, 6.07) is 0. The Kier molecular flexibility index (Phi) is 77.9. The molecule has 5 atom stereocenters. The minimum atomic E-state index is -4.97. The Morgan fingerprint density at radius 2 is 0.430 bits per heavy atom. The van der Waals surface area contributed by atoms with Gasteiger partial charge in [0, 0.05) is 25.7 Å². The van der Waals surface area contributed by atoms with E-state index in [1.54, 1.807) is 0 Å². The Labute approximate surface area is 658 Å². The largest absolute Gasteiger partial charge is 0.472 e. The number of phosphoric ester groups is 2. The molecule has 0 rings (SSSR count). The summed E-state index contributed by atoms with van der Waals surface area (Å²) >= 11 is 0. The number of hydrogen-bond donors (Lipinski definition) is 3. The molecule has 0 fully saturated rings. The Hall–Kier alpha value is -1.94. The topological polar surface area (TPSA) is 237 Å². The summed E-state index contributed by atoms with van der Waals surface area (Å²) in [4.78, 5) is 73.2. The number of phosphoric acid groups is 2. The molecule has 17 nitrogen and oxygen atoms in total. The molecule has 0 aliphatic heterocycles. The zero-order chi connectivity index (χ0) is 78.5. The molecule has 0 aliphatic rings. The van der Waals surface area contributed by atoms with E-state index in [0.717, 1.165) is 102 Å². The summed E-state index contributed by atoms with van der Waals surface area (Å²) in [5.74, 6) is -0.503. The zero-order valence-corrected chi connectivity index (χ0v) is 72.2. The van der Waals surface area contributed by atoms with Gasteiger partial charge in [-0.15, -0.1) is 0 Å². The smallest absolute Gasteiger partial charge is 0.462 e. The third-order valence-corrected chi connectivity index (χ3v) is 22.6. The first-order chi connectivity index (χ1) is 51.9. The highest BCUT2D eigenvalue weighted by Crippen LogP contribution is 2.45. The fraction of sp³-hybridized carbons (Fsp3) is 0.955. The predicted molar refractivity (Wildman–Crippen MR) is 442 cm³/mol. The second-order valence-corrected chi connectivity index (χ2v) is 35.5. The van der Waals surface area contributed by atoms with E-state index in [-0.39, 0.29) is 25.7 Å². The van der Waals surface area contributed by atoms with Crippen LogP contribution in [-0.2, 0) is 65.4 Å². The fourth-order valence-corrected chi connectivity index (χ4v) is 15.4. The number of aliphatic hydroxyl groups is 1. The number of carbonyl (C=O) groups is 4. The molecule has 19 heteroatoms. The first-order valence-electron chi connectivity index (χ1n) is 45.5. The van der Waals surface area contributed by atoms with Gasteiger partial charge >= 0.3 is 39.5 Å². The second-order valence-electron chi connectivity index (χ2n) is 32.6. The van der Waals surface area contributed by atoms with Gasteiger partial charge < -0.3 is 33.8 Å². The molecule has 0 aliphatic carbocycles. The van der Waals surface area contributed by atoms with Crippen molar-refractivity contribution < 1.29 is 80.2 Å². The van der Waals surface area contributed by atoms with Crippen LogP contribution in [0.3, 0.4) is 0 Å². The average molecular weight is 1560 g/mol. The number of carbonyl (C=O) groups excluding carboxylic acids is 4. The maximum absolute atomic E-state index is 13.2. The van der Waals surface area contributed by atoms with Crippen LogP contribution in [0.15, 0.2) is 0 Å². The van der Waals surface area contributed by atoms with E-state index in [1.165, 1.54) is 289 Å². The summed E-state index contributed by atoms with van der Waals surface area (Å²) in [7, 11) is -9.93. The summed E-state index contributed by atoms with van der Waals surface area (Å²) in [6.45, 7) is 9.71. The van der Waals surface area contributed by atoms with Crippen molar-refractivity contribution in [3.05, 3.63) is 0 Å². The van der Waals surface area contributed by atoms with Crippen molar-refractivity contribution in [1.82, 2.24) is 0 Å². The van der Waals surface area contributed by atoms with Crippen LogP contribution in [0.4, 0.5) is 0 Å². The lowest BCUT2D eigenvalue weighted by Crippen LogP contribution is -2.30. The molecule has 636 valence electrons. The molecule has 0 radical (unpaired) electrons.